The molecule has 2 amide bonds. The Morgan fingerprint density at radius 3 is 2.73 bits per heavy atom. The third-order valence-corrected chi connectivity index (χ3v) is 6.12. The molecule has 1 saturated heterocycles. The molecule has 1 aromatic heterocycles. The van der Waals surface area contributed by atoms with Gasteiger partial charge in [0.15, 0.2) is 0 Å². The predicted octanol–water partition coefficient (Wildman–Crippen LogP) is 3.08. The van der Waals surface area contributed by atoms with Gasteiger partial charge in [-0.2, -0.15) is 0 Å². The highest BCUT2D eigenvalue weighted by Gasteiger charge is 2.37. The summed E-state index contributed by atoms with van der Waals surface area (Å²) in [7, 11) is 0. The molecule has 0 saturated carbocycles. The highest BCUT2D eigenvalue weighted by Crippen LogP contribution is 2.36. The van der Waals surface area contributed by atoms with Gasteiger partial charge in [0.05, 0.1) is 17.7 Å². The minimum atomic E-state index is -0.120. The van der Waals surface area contributed by atoms with Crippen LogP contribution < -0.4 is 10.1 Å². The zero-order valence-corrected chi connectivity index (χ0v) is 17.2. The highest BCUT2D eigenvalue weighted by atomic mass is 16.5. The van der Waals surface area contributed by atoms with Crippen LogP contribution in [0.25, 0.3) is 0 Å². The summed E-state index contributed by atoms with van der Waals surface area (Å²) in [4.78, 5) is 35.7. The lowest BCUT2D eigenvalue weighted by molar-refractivity contribution is 0.0468. The van der Waals surface area contributed by atoms with Gasteiger partial charge in [-0.25, -0.2) is 9.97 Å². The molecule has 1 aromatic carbocycles. The Morgan fingerprint density at radius 1 is 1.07 bits per heavy atom. The summed E-state index contributed by atoms with van der Waals surface area (Å²) in [5, 5.41) is 3.13. The van der Waals surface area contributed by atoms with E-state index in [4.69, 9.17) is 4.74 Å². The number of nitrogens with one attached hydrogen (secondary N) is 1. The first-order valence-electron chi connectivity index (χ1n) is 10.7. The predicted molar refractivity (Wildman–Crippen MR) is 112 cm³/mol. The average Bonchev–Trinajstić information content (AvgIpc) is 2.80. The lowest BCUT2D eigenvalue weighted by atomic mass is 9.75. The first-order valence-corrected chi connectivity index (χ1v) is 10.7. The van der Waals surface area contributed by atoms with Crippen molar-refractivity contribution in [1.29, 1.82) is 0 Å². The molecule has 1 unspecified atom stereocenters. The van der Waals surface area contributed by atoms with Crippen molar-refractivity contribution in [2.45, 2.75) is 38.5 Å². The monoisotopic (exact) mass is 408 g/mol. The molecule has 1 atom stereocenters. The second kappa shape index (κ2) is 9.24. The van der Waals surface area contributed by atoms with Crippen LogP contribution in [-0.2, 0) is 0 Å². The number of carbonyl (C=O) groups is 2. The zero-order chi connectivity index (χ0) is 20.8. The largest absolute Gasteiger partial charge is 0.493 e. The van der Waals surface area contributed by atoms with Crippen LogP contribution in [0, 0.1) is 5.41 Å². The average molecular weight is 409 g/mol. The summed E-state index contributed by atoms with van der Waals surface area (Å²) in [6, 6.07) is 7.39. The third kappa shape index (κ3) is 4.61. The van der Waals surface area contributed by atoms with Crippen LogP contribution in [0.4, 0.5) is 0 Å². The molecule has 0 bridgehead atoms. The number of aromatic nitrogens is 2. The highest BCUT2D eigenvalue weighted by molar-refractivity contribution is 5.97. The SMILES string of the molecule is O=C1NCC2(CCCCCOc3ccccc31)CCCN(C(=O)c1cncnc1)C2. The summed E-state index contributed by atoms with van der Waals surface area (Å²) < 4.78 is 5.84. The molecular weight excluding hydrogens is 380 g/mol. The van der Waals surface area contributed by atoms with Crippen molar-refractivity contribution in [3.8, 4) is 5.75 Å². The molecule has 2 aliphatic rings. The number of para-hydroxylation sites is 1. The van der Waals surface area contributed by atoms with Crippen molar-refractivity contribution >= 4 is 11.8 Å². The van der Waals surface area contributed by atoms with Gasteiger partial charge in [0.1, 0.15) is 12.1 Å². The zero-order valence-electron chi connectivity index (χ0n) is 17.2. The fourth-order valence-electron chi connectivity index (χ4n) is 4.51. The molecule has 7 nitrogen and oxygen atoms in total. The number of likely N-dealkylation sites (tertiary alicyclic amines) is 1. The quantitative estimate of drug-likeness (QED) is 0.784. The van der Waals surface area contributed by atoms with E-state index in [9.17, 15) is 9.59 Å². The molecular formula is C23H28N4O3. The Labute approximate surface area is 176 Å². The summed E-state index contributed by atoms with van der Waals surface area (Å²) in [5.74, 6) is 0.477. The second-order valence-corrected chi connectivity index (χ2v) is 8.30. The van der Waals surface area contributed by atoms with Crippen molar-refractivity contribution in [1.82, 2.24) is 20.2 Å². The molecule has 2 aromatic rings. The van der Waals surface area contributed by atoms with Gasteiger partial charge >= 0.3 is 0 Å². The number of carbonyl (C=O) groups excluding carboxylic acids is 2. The number of benzene rings is 1. The maximum absolute atomic E-state index is 13.0. The second-order valence-electron chi connectivity index (χ2n) is 8.30. The van der Waals surface area contributed by atoms with Crippen LogP contribution >= 0.6 is 0 Å². The Bertz CT molecular complexity index is 889. The van der Waals surface area contributed by atoms with E-state index >= 15 is 0 Å². The van der Waals surface area contributed by atoms with Crippen molar-refractivity contribution in [2.24, 2.45) is 5.41 Å². The Balaban J connectivity index is 1.53. The normalized spacial score (nSPS) is 22.8. The van der Waals surface area contributed by atoms with E-state index in [1.165, 1.54) is 6.33 Å². The van der Waals surface area contributed by atoms with Crippen molar-refractivity contribution in [3.63, 3.8) is 0 Å². The molecule has 4 rings (SSSR count). The molecule has 1 N–H and O–H groups in total. The number of nitrogens with zero attached hydrogens (tertiary/aromatic N) is 3. The molecule has 0 aliphatic carbocycles. The minimum Gasteiger partial charge on any atom is -0.493 e. The van der Waals surface area contributed by atoms with Gasteiger partial charge in [-0.1, -0.05) is 25.0 Å². The fraction of sp³-hybridized carbons (Fsp3) is 0.478. The van der Waals surface area contributed by atoms with Gasteiger partial charge in [0.2, 0.25) is 0 Å². The van der Waals surface area contributed by atoms with E-state index in [1.54, 1.807) is 18.5 Å². The molecule has 7 heteroatoms. The molecule has 0 radical (unpaired) electrons. The van der Waals surface area contributed by atoms with Gasteiger partial charge < -0.3 is 15.0 Å². The summed E-state index contributed by atoms with van der Waals surface area (Å²) in [5.41, 5.74) is 0.963. The number of fused-ring (bicyclic) bond motifs is 1. The number of rotatable bonds is 1. The number of hydrogen-bond acceptors (Lipinski definition) is 5. The molecule has 2 aliphatic heterocycles. The topological polar surface area (TPSA) is 84.4 Å². The smallest absolute Gasteiger partial charge is 0.257 e. The van der Waals surface area contributed by atoms with Crippen molar-refractivity contribution in [3.05, 3.63) is 54.1 Å². The molecule has 30 heavy (non-hydrogen) atoms. The number of hydrogen-bond donors (Lipinski definition) is 1. The first-order chi connectivity index (χ1) is 14.7. The van der Waals surface area contributed by atoms with Crippen LogP contribution in [0.2, 0.25) is 0 Å². The summed E-state index contributed by atoms with van der Waals surface area (Å²) in [6.45, 7) is 2.52. The Morgan fingerprint density at radius 2 is 1.87 bits per heavy atom. The summed E-state index contributed by atoms with van der Waals surface area (Å²) in [6.07, 6.45) is 10.5. The van der Waals surface area contributed by atoms with Gasteiger partial charge in [0, 0.05) is 37.4 Å². The molecule has 1 fully saturated rings. The summed E-state index contributed by atoms with van der Waals surface area (Å²) >= 11 is 0. The Kier molecular flexibility index (Phi) is 6.26. The van der Waals surface area contributed by atoms with Crippen LogP contribution in [0.15, 0.2) is 43.0 Å². The molecule has 158 valence electrons. The van der Waals surface area contributed by atoms with E-state index in [0.717, 1.165) is 45.1 Å². The van der Waals surface area contributed by atoms with Crippen molar-refractivity contribution < 1.29 is 14.3 Å². The number of piperidine rings is 1. The van der Waals surface area contributed by atoms with E-state index in [1.807, 2.05) is 23.1 Å². The number of ether oxygens (including phenoxy) is 1. The lowest BCUT2D eigenvalue weighted by Crippen LogP contribution is -2.51. The standard InChI is InChI=1S/C23H28N4O3/c28-21-19-7-2-3-8-20(19)30-12-5-1-4-9-23(15-26-21)10-6-11-27(16-23)22(29)18-13-24-17-25-14-18/h2-3,7-8,13-14,17H,1,4-6,9-12,15-16H2,(H,26,28). The van der Waals surface area contributed by atoms with Gasteiger partial charge in [-0.15, -0.1) is 0 Å². The first kappa shape index (κ1) is 20.3. The van der Waals surface area contributed by atoms with Gasteiger partial charge in [0.25, 0.3) is 11.8 Å². The third-order valence-electron chi connectivity index (χ3n) is 6.12. The van der Waals surface area contributed by atoms with Crippen LogP contribution in [0.5, 0.6) is 5.75 Å². The van der Waals surface area contributed by atoms with E-state index < -0.39 is 0 Å². The Hall–Kier alpha value is -2.96. The minimum absolute atomic E-state index is 0.0362. The maximum Gasteiger partial charge on any atom is 0.257 e. The number of amides is 2. The van der Waals surface area contributed by atoms with Crippen molar-refractivity contribution in [2.75, 3.05) is 26.2 Å². The maximum atomic E-state index is 13.0. The van der Waals surface area contributed by atoms with Gasteiger partial charge in [-0.05, 0) is 37.8 Å². The van der Waals surface area contributed by atoms with Crippen LogP contribution in [0.1, 0.15) is 59.2 Å². The van der Waals surface area contributed by atoms with E-state index in [2.05, 4.69) is 15.3 Å². The fourth-order valence-corrected chi connectivity index (χ4v) is 4.51. The lowest BCUT2D eigenvalue weighted by Gasteiger charge is -2.43. The van der Waals surface area contributed by atoms with Gasteiger partial charge in [-0.3, -0.25) is 9.59 Å². The van der Waals surface area contributed by atoms with Crippen LogP contribution in [0.3, 0.4) is 0 Å². The van der Waals surface area contributed by atoms with E-state index in [0.29, 0.717) is 36.6 Å². The molecule has 3 heterocycles. The molecule has 1 spiro atoms. The van der Waals surface area contributed by atoms with E-state index in [-0.39, 0.29) is 17.2 Å². The van der Waals surface area contributed by atoms with Crippen LogP contribution in [-0.4, -0.2) is 52.9 Å².